The molecule has 7 rings (SSSR count). The van der Waals surface area contributed by atoms with Crippen LogP contribution in [0.5, 0.6) is 0 Å². The van der Waals surface area contributed by atoms with Gasteiger partial charge in [0.2, 0.25) is 20.0 Å². The summed E-state index contributed by atoms with van der Waals surface area (Å²) in [6, 6.07) is 32.2. The summed E-state index contributed by atoms with van der Waals surface area (Å²) in [7, 11) is -8.37. The number of nitrogens with one attached hydrogen (secondary N) is 2. The molecule has 0 unspecified atom stereocenters. The van der Waals surface area contributed by atoms with Gasteiger partial charge in [-0.2, -0.15) is 8.61 Å². The number of carbonyl (C=O) groups is 3. The van der Waals surface area contributed by atoms with Crippen LogP contribution < -0.4 is 16.4 Å². The normalized spacial score (nSPS) is 17.0. The minimum absolute atomic E-state index is 0.0186. The molecule has 0 radical (unpaired) electrons. The Labute approximate surface area is 501 Å². The van der Waals surface area contributed by atoms with Crippen molar-refractivity contribution in [2.45, 2.75) is 119 Å². The van der Waals surface area contributed by atoms with E-state index in [1.807, 2.05) is 120 Å². The predicted molar refractivity (Wildman–Crippen MR) is 318 cm³/mol. The Kier molecular flexibility index (Phi) is 25.5. The van der Waals surface area contributed by atoms with Crippen molar-refractivity contribution in [3.63, 3.8) is 0 Å². The molecule has 2 heterocycles. The molecule has 0 bridgehead atoms. The third-order valence-electron chi connectivity index (χ3n) is 13.9. The molecule has 2 aliphatic rings. The van der Waals surface area contributed by atoms with Crippen molar-refractivity contribution in [2.24, 2.45) is 17.6 Å². The van der Waals surface area contributed by atoms with Crippen molar-refractivity contribution in [3.8, 4) is 0 Å². The van der Waals surface area contributed by atoms with E-state index in [9.17, 15) is 56.6 Å². The van der Waals surface area contributed by atoms with Crippen LogP contribution in [0.4, 0.5) is 21.0 Å². The Balaban J connectivity index is 0.000000286. The number of ether oxygens (including phenoxy) is 5. The van der Waals surface area contributed by atoms with E-state index < -0.39 is 84.5 Å². The Morgan fingerprint density at radius 3 is 1.42 bits per heavy atom. The predicted octanol–water partition coefficient (Wildman–Crippen LogP) is 6.89. The molecule has 0 aliphatic carbocycles. The number of aryl methyl sites for hydroxylation is 1. The molecule has 0 spiro atoms. The number of esters is 1. The van der Waals surface area contributed by atoms with Crippen LogP contribution in [0.1, 0.15) is 62.8 Å². The van der Waals surface area contributed by atoms with E-state index in [0.29, 0.717) is 32.7 Å². The minimum atomic E-state index is -4.27. The van der Waals surface area contributed by atoms with Crippen molar-refractivity contribution in [3.05, 3.63) is 176 Å². The van der Waals surface area contributed by atoms with Gasteiger partial charge in [-0.05, 0) is 79.0 Å². The SMILES string of the molecule is CC(C)CN(C[C@@H](O)[C@H](Cc1ccccc1)NC(=O)O[C@H]1CCOC1)S(=O)(=O)c1ccc([N+](=O)[O-])cc1.Cc1ccc(C[C@H](N)C(=O)O[C@H](CN(CC(C)C)S(=O)(=O)c2ccc([N+](=O)[O-])cc2)[C@H](Cc2ccccc2)NC(=O)O[C@H]2CCOC2)cc1. The zero-order valence-electron chi connectivity index (χ0n) is 48.8. The van der Waals surface area contributed by atoms with E-state index in [4.69, 9.17) is 29.4 Å². The molecule has 86 heavy (non-hydrogen) atoms. The smallest absolute Gasteiger partial charge is 0.407 e. The molecule has 2 saturated heterocycles. The summed E-state index contributed by atoms with van der Waals surface area (Å²) in [5, 5.41) is 38.9. The average Bonchev–Trinajstić information content (AvgIpc) is 1.84. The molecule has 5 N–H and O–H groups in total. The summed E-state index contributed by atoms with van der Waals surface area (Å²) >= 11 is 0. The van der Waals surface area contributed by atoms with E-state index in [-0.39, 0.29) is 91.2 Å². The van der Waals surface area contributed by atoms with Gasteiger partial charge < -0.3 is 45.2 Å². The van der Waals surface area contributed by atoms with Gasteiger partial charge in [-0.1, -0.05) is 118 Å². The summed E-state index contributed by atoms with van der Waals surface area (Å²) in [6.45, 7) is 10.2. The van der Waals surface area contributed by atoms with Crippen LogP contribution in [0.3, 0.4) is 0 Å². The third-order valence-corrected chi connectivity index (χ3v) is 17.6. The van der Waals surface area contributed by atoms with E-state index in [0.717, 1.165) is 55.1 Å². The van der Waals surface area contributed by atoms with Gasteiger partial charge in [0.05, 0.1) is 70.8 Å². The maximum Gasteiger partial charge on any atom is 0.407 e. The summed E-state index contributed by atoms with van der Waals surface area (Å²) in [5.74, 6) is -1.02. The number of rotatable bonds is 28. The molecule has 7 atom stereocenters. The van der Waals surface area contributed by atoms with Gasteiger partial charge >= 0.3 is 18.2 Å². The first-order valence-corrected chi connectivity index (χ1v) is 31.1. The van der Waals surface area contributed by atoms with Gasteiger partial charge in [0.15, 0.2) is 0 Å². The van der Waals surface area contributed by atoms with E-state index in [1.54, 1.807) is 0 Å². The standard InChI is InChI=1S/C35H44N4O9S.C25H33N3O8S/c1-24(2)21-38(49(44,45)30-15-13-28(14-16-30)39(42)43)22-33(48-34(40)31(36)19-27-11-9-25(3)10-12-27)32(20-26-7-5-4-6-8-26)37-35(41)47-29-17-18-46-23-29;1-18(2)15-27(37(33,34)22-10-8-20(9-11-22)28(31)32)16-24(29)23(14-19-6-4-3-5-7-19)26-25(30)36-21-12-13-35-17-21/h4-16,24,29,31-33H,17-23,36H2,1-3H3,(H,37,41);3-11,18,21,23-24,29H,12-17H2,1-2H3,(H,26,30)/t29-,31-,32-,33+;21-,23-,24+/m00/s1. The summed E-state index contributed by atoms with van der Waals surface area (Å²) in [5.41, 5.74) is 9.33. The Hall–Kier alpha value is -7.43. The highest BCUT2D eigenvalue weighted by atomic mass is 32.2. The number of nitrogens with two attached hydrogens (primary N) is 1. The van der Waals surface area contributed by atoms with Crippen LogP contribution in [-0.4, -0.2) is 154 Å². The van der Waals surface area contributed by atoms with Gasteiger partial charge in [0, 0.05) is 56.7 Å². The van der Waals surface area contributed by atoms with Gasteiger partial charge in [0.1, 0.15) is 24.4 Å². The highest BCUT2D eigenvalue weighted by Gasteiger charge is 2.37. The maximum atomic E-state index is 14.1. The van der Waals surface area contributed by atoms with Crippen LogP contribution in [0.2, 0.25) is 0 Å². The number of carbonyl (C=O) groups excluding carboxylic acids is 3. The summed E-state index contributed by atoms with van der Waals surface area (Å²) < 4.78 is 84.9. The van der Waals surface area contributed by atoms with Crippen molar-refractivity contribution in [2.75, 3.05) is 52.6 Å². The van der Waals surface area contributed by atoms with Gasteiger partial charge in [-0.15, -0.1) is 0 Å². The second kappa shape index (κ2) is 32.3. The number of hydrogen-bond acceptors (Lipinski definition) is 18. The maximum absolute atomic E-state index is 14.1. The molecule has 0 saturated carbocycles. The van der Waals surface area contributed by atoms with Gasteiger partial charge in [0.25, 0.3) is 11.4 Å². The highest BCUT2D eigenvalue weighted by Crippen LogP contribution is 2.25. The van der Waals surface area contributed by atoms with Crippen molar-refractivity contribution >= 4 is 49.6 Å². The van der Waals surface area contributed by atoms with Crippen LogP contribution >= 0.6 is 0 Å². The molecule has 2 aliphatic heterocycles. The van der Waals surface area contributed by atoms with Crippen molar-refractivity contribution < 1.29 is 69.9 Å². The van der Waals surface area contributed by atoms with Crippen LogP contribution in [0.15, 0.2) is 143 Å². The second-order valence-corrected chi connectivity index (χ2v) is 25.8. The first kappa shape index (κ1) is 67.7. The molecule has 2 amide bonds. The molecule has 0 aromatic heterocycles. The third kappa shape index (κ3) is 20.9. The van der Waals surface area contributed by atoms with Crippen LogP contribution in [0, 0.1) is 39.0 Å². The highest BCUT2D eigenvalue weighted by molar-refractivity contribution is 7.89. The fourth-order valence-corrected chi connectivity index (χ4v) is 12.6. The van der Waals surface area contributed by atoms with Crippen LogP contribution in [0.25, 0.3) is 0 Å². The van der Waals surface area contributed by atoms with E-state index >= 15 is 0 Å². The Morgan fingerprint density at radius 2 is 1.01 bits per heavy atom. The number of nitrogens with zero attached hydrogens (tertiary/aromatic N) is 4. The minimum Gasteiger partial charge on any atom is -0.458 e. The summed E-state index contributed by atoms with van der Waals surface area (Å²) in [4.78, 5) is 60.1. The lowest BCUT2D eigenvalue weighted by Gasteiger charge is -2.33. The van der Waals surface area contributed by atoms with Crippen molar-refractivity contribution in [1.82, 2.24) is 19.2 Å². The largest absolute Gasteiger partial charge is 0.458 e. The fourth-order valence-electron chi connectivity index (χ4n) is 9.40. The number of hydrogen-bond donors (Lipinski definition) is 4. The monoisotopic (exact) mass is 1230 g/mol. The Morgan fingerprint density at radius 1 is 0.605 bits per heavy atom. The first-order valence-electron chi connectivity index (χ1n) is 28.2. The topological polar surface area (TPSA) is 329 Å². The molecule has 5 aromatic rings. The number of sulfonamides is 2. The van der Waals surface area contributed by atoms with Gasteiger partial charge in [-0.25, -0.2) is 26.4 Å². The number of amides is 2. The van der Waals surface area contributed by atoms with Gasteiger partial charge in [-0.3, -0.25) is 25.0 Å². The quantitative estimate of drug-likeness (QED) is 0.0171. The number of aliphatic hydroxyl groups excluding tert-OH is 1. The molecule has 5 aromatic carbocycles. The average molecular weight is 1230 g/mol. The number of aliphatic hydroxyl groups is 1. The zero-order chi connectivity index (χ0) is 62.6. The fraction of sp³-hybridized carbons (Fsp3) is 0.450. The molecule has 24 nitrogen and oxygen atoms in total. The zero-order valence-corrected chi connectivity index (χ0v) is 50.4. The number of non-ortho nitro benzene ring substituents is 2. The Bertz CT molecular complexity index is 3210. The molecule has 2 fully saturated rings. The lowest BCUT2D eigenvalue weighted by atomic mass is 10.0. The number of nitro groups is 2. The molecular weight excluding hydrogens is 1150 g/mol. The van der Waals surface area contributed by atoms with E-state index in [1.165, 1.54) is 24.3 Å². The lowest BCUT2D eigenvalue weighted by molar-refractivity contribution is -0.385. The van der Waals surface area contributed by atoms with Crippen molar-refractivity contribution in [1.29, 1.82) is 0 Å². The molecule has 26 heteroatoms. The second-order valence-electron chi connectivity index (χ2n) is 21.9. The number of benzene rings is 5. The first-order chi connectivity index (χ1) is 40.9. The van der Waals surface area contributed by atoms with Crippen LogP contribution in [-0.2, 0) is 67.8 Å². The molecule has 466 valence electrons. The number of alkyl carbamates (subject to hydrolysis) is 2. The lowest BCUT2D eigenvalue weighted by Crippen LogP contribution is -2.54. The summed E-state index contributed by atoms with van der Waals surface area (Å²) in [6.07, 6.45) is -3.15. The van der Waals surface area contributed by atoms with E-state index in [2.05, 4.69) is 10.6 Å². The molecular formula is C60H77N7O17S2. The number of nitro benzene ring substituents is 2.